The molecule has 0 aliphatic carbocycles. The largest absolute Gasteiger partial charge is 0.362 e. The third-order valence-corrected chi connectivity index (χ3v) is 4.22. The van der Waals surface area contributed by atoms with E-state index in [-0.39, 0.29) is 0 Å². The summed E-state index contributed by atoms with van der Waals surface area (Å²) in [4.78, 5) is 4.69. The molecule has 17 heavy (non-hydrogen) atoms. The van der Waals surface area contributed by atoms with Gasteiger partial charge in [-0.15, -0.1) is 0 Å². The Morgan fingerprint density at radius 2 is 2.06 bits per heavy atom. The lowest BCUT2D eigenvalue weighted by Gasteiger charge is -2.35. The summed E-state index contributed by atoms with van der Waals surface area (Å²) in [6, 6.07) is 0.582. The van der Waals surface area contributed by atoms with Crippen LogP contribution in [0, 0.1) is 5.41 Å². The van der Waals surface area contributed by atoms with Gasteiger partial charge in [0, 0.05) is 18.3 Å². The number of nitrogens with zero attached hydrogens (tertiary/aromatic N) is 1. The molecule has 0 spiro atoms. The number of rotatable bonds is 5. The highest BCUT2D eigenvalue weighted by Gasteiger charge is 2.28. The van der Waals surface area contributed by atoms with Gasteiger partial charge in [-0.3, -0.25) is 4.99 Å². The van der Waals surface area contributed by atoms with E-state index in [1.54, 1.807) is 0 Å². The van der Waals surface area contributed by atoms with Gasteiger partial charge in [-0.2, -0.15) is 0 Å². The SMILES string of the molecule is CCCCCCN=C1NC(C(C)(C)C)CCS1. The summed E-state index contributed by atoms with van der Waals surface area (Å²) in [6.07, 6.45) is 6.45. The smallest absolute Gasteiger partial charge is 0.156 e. The highest BCUT2D eigenvalue weighted by Crippen LogP contribution is 2.27. The van der Waals surface area contributed by atoms with Crippen LogP contribution in [0.4, 0.5) is 0 Å². The second kappa shape index (κ2) is 7.30. The first-order valence-electron chi connectivity index (χ1n) is 6.98. The summed E-state index contributed by atoms with van der Waals surface area (Å²) in [7, 11) is 0. The minimum atomic E-state index is 0.337. The standard InChI is InChI=1S/C14H28N2S/c1-5-6-7-8-10-15-13-16-12(9-11-17-13)14(2,3)4/h12H,5-11H2,1-4H3,(H,15,16). The van der Waals surface area contributed by atoms with Crippen LogP contribution in [0.25, 0.3) is 0 Å². The van der Waals surface area contributed by atoms with Gasteiger partial charge in [0.2, 0.25) is 0 Å². The van der Waals surface area contributed by atoms with Gasteiger partial charge in [-0.25, -0.2) is 0 Å². The molecule has 0 aromatic rings. The number of amidine groups is 1. The molecule has 0 radical (unpaired) electrons. The molecule has 1 aliphatic rings. The minimum absolute atomic E-state index is 0.337. The maximum absolute atomic E-state index is 4.69. The molecule has 0 amide bonds. The molecule has 0 bridgehead atoms. The van der Waals surface area contributed by atoms with Crippen LogP contribution in [0.3, 0.4) is 0 Å². The molecule has 0 aromatic heterocycles. The third-order valence-electron chi connectivity index (χ3n) is 3.26. The third kappa shape index (κ3) is 5.80. The van der Waals surface area contributed by atoms with E-state index >= 15 is 0 Å². The fourth-order valence-electron chi connectivity index (χ4n) is 2.00. The molecule has 0 saturated carbocycles. The summed E-state index contributed by atoms with van der Waals surface area (Å²) in [5.41, 5.74) is 0.337. The van der Waals surface area contributed by atoms with Crippen LogP contribution in [-0.2, 0) is 0 Å². The summed E-state index contributed by atoms with van der Waals surface area (Å²) in [5, 5.41) is 4.77. The van der Waals surface area contributed by atoms with E-state index in [4.69, 9.17) is 0 Å². The van der Waals surface area contributed by atoms with E-state index in [1.165, 1.54) is 43.0 Å². The summed E-state index contributed by atoms with van der Waals surface area (Å²) in [5.74, 6) is 1.21. The van der Waals surface area contributed by atoms with E-state index in [9.17, 15) is 0 Å². The summed E-state index contributed by atoms with van der Waals surface area (Å²) in [6.45, 7) is 10.2. The first-order chi connectivity index (χ1) is 8.04. The lowest BCUT2D eigenvalue weighted by atomic mass is 9.85. The number of hydrogen-bond donors (Lipinski definition) is 1. The van der Waals surface area contributed by atoms with Crippen LogP contribution >= 0.6 is 11.8 Å². The Bertz CT molecular complexity index is 243. The number of unbranched alkanes of at least 4 members (excludes halogenated alkanes) is 3. The Kier molecular flexibility index (Phi) is 6.39. The van der Waals surface area contributed by atoms with Crippen molar-refractivity contribution >= 4 is 16.9 Å². The van der Waals surface area contributed by atoms with Gasteiger partial charge in [-0.1, -0.05) is 58.7 Å². The summed E-state index contributed by atoms with van der Waals surface area (Å²) >= 11 is 1.89. The van der Waals surface area contributed by atoms with Crippen LogP contribution in [0.2, 0.25) is 0 Å². The number of hydrogen-bond acceptors (Lipinski definition) is 2. The first-order valence-corrected chi connectivity index (χ1v) is 7.96. The van der Waals surface area contributed by atoms with Gasteiger partial charge in [0.1, 0.15) is 0 Å². The quantitative estimate of drug-likeness (QED) is 0.750. The number of thioether (sulfide) groups is 1. The normalized spacial score (nSPS) is 23.8. The van der Waals surface area contributed by atoms with Crippen molar-refractivity contribution in [2.24, 2.45) is 10.4 Å². The highest BCUT2D eigenvalue weighted by atomic mass is 32.2. The van der Waals surface area contributed by atoms with Crippen LogP contribution in [0.1, 0.15) is 59.8 Å². The molecule has 1 unspecified atom stereocenters. The maximum atomic E-state index is 4.69. The fraction of sp³-hybridized carbons (Fsp3) is 0.929. The summed E-state index contributed by atoms with van der Waals surface area (Å²) < 4.78 is 0. The van der Waals surface area contributed by atoms with Crippen molar-refractivity contribution in [2.45, 2.75) is 65.8 Å². The van der Waals surface area contributed by atoms with Crippen molar-refractivity contribution in [3.05, 3.63) is 0 Å². The van der Waals surface area contributed by atoms with Crippen molar-refractivity contribution in [2.75, 3.05) is 12.3 Å². The van der Waals surface area contributed by atoms with E-state index in [0.29, 0.717) is 11.5 Å². The van der Waals surface area contributed by atoms with E-state index in [0.717, 1.165) is 6.54 Å². The zero-order valence-corrected chi connectivity index (χ0v) is 12.7. The number of aliphatic imine (C=N–C) groups is 1. The van der Waals surface area contributed by atoms with Crippen LogP contribution in [0.5, 0.6) is 0 Å². The fourth-order valence-corrected chi connectivity index (χ4v) is 2.95. The zero-order chi connectivity index (χ0) is 12.7. The average Bonchev–Trinajstić information content (AvgIpc) is 2.28. The van der Waals surface area contributed by atoms with Gasteiger partial charge in [0.15, 0.2) is 5.17 Å². The number of nitrogens with one attached hydrogen (secondary N) is 1. The van der Waals surface area contributed by atoms with E-state index in [1.807, 2.05) is 11.8 Å². The molecule has 1 N–H and O–H groups in total. The van der Waals surface area contributed by atoms with Gasteiger partial charge in [-0.05, 0) is 18.3 Å². The van der Waals surface area contributed by atoms with Crippen LogP contribution < -0.4 is 5.32 Å². The molecule has 1 fully saturated rings. The second-order valence-corrected chi connectivity index (χ2v) is 7.03. The van der Waals surface area contributed by atoms with E-state index < -0.39 is 0 Å². The van der Waals surface area contributed by atoms with E-state index in [2.05, 4.69) is 38.0 Å². The molecule has 1 saturated heterocycles. The average molecular weight is 256 g/mol. The maximum Gasteiger partial charge on any atom is 0.156 e. The van der Waals surface area contributed by atoms with Gasteiger partial charge >= 0.3 is 0 Å². The Labute approximate surface area is 111 Å². The van der Waals surface area contributed by atoms with Crippen molar-refractivity contribution in [3.8, 4) is 0 Å². The highest BCUT2D eigenvalue weighted by molar-refractivity contribution is 8.13. The van der Waals surface area contributed by atoms with Crippen LogP contribution in [-0.4, -0.2) is 23.5 Å². The molecule has 1 atom stereocenters. The van der Waals surface area contributed by atoms with Crippen molar-refractivity contribution in [1.29, 1.82) is 0 Å². The van der Waals surface area contributed by atoms with Crippen molar-refractivity contribution in [1.82, 2.24) is 5.32 Å². The Hall–Kier alpha value is -0.180. The Balaban J connectivity index is 2.31. The first kappa shape index (κ1) is 14.9. The molecule has 3 heteroatoms. The molecule has 1 aliphatic heterocycles. The Morgan fingerprint density at radius 3 is 2.71 bits per heavy atom. The minimum Gasteiger partial charge on any atom is -0.362 e. The van der Waals surface area contributed by atoms with Crippen molar-refractivity contribution in [3.63, 3.8) is 0 Å². The second-order valence-electron chi connectivity index (χ2n) is 5.95. The zero-order valence-electron chi connectivity index (χ0n) is 11.9. The lowest BCUT2D eigenvalue weighted by molar-refractivity contribution is 0.290. The monoisotopic (exact) mass is 256 g/mol. The van der Waals surface area contributed by atoms with Gasteiger partial charge in [0.05, 0.1) is 0 Å². The Morgan fingerprint density at radius 1 is 1.29 bits per heavy atom. The predicted molar refractivity (Wildman–Crippen MR) is 79.9 cm³/mol. The molecule has 1 rings (SSSR count). The predicted octanol–water partition coefficient (Wildman–Crippen LogP) is 4.06. The molecule has 100 valence electrons. The molecule has 2 nitrogen and oxygen atoms in total. The lowest BCUT2D eigenvalue weighted by Crippen LogP contribution is -2.46. The topological polar surface area (TPSA) is 24.4 Å². The van der Waals surface area contributed by atoms with Crippen LogP contribution in [0.15, 0.2) is 4.99 Å². The van der Waals surface area contributed by atoms with Crippen molar-refractivity contribution < 1.29 is 0 Å². The molecular weight excluding hydrogens is 228 g/mol. The van der Waals surface area contributed by atoms with Gasteiger partial charge < -0.3 is 5.32 Å². The molecule has 1 heterocycles. The molecule has 0 aromatic carbocycles. The molecular formula is C14H28N2S. The van der Waals surface area contributed by atoms with Gasteiger partial charge in [0.25, 0.3) is 0 Å².